The molecule has 0 heterocycles. The van der Waals surface area contributed by atoms with Crippen LogP contribution in [0.5, 0.6) is 0 Å². The summed E-state index contributed by atoms with van der Waals surface area (Å²) in [7, 11) is 1.29. The second-order valence-electron chi connectivity index (χ2n) is 3.68. The molecule has 1 aliphatic carbocycles. The van der Waals surface area contributed by atoms with Crippen LogP contribution in [0.1, 0.15) is 11.1 Å². The number of rotatable bonds is 3. The summed E-state index contributed by atoms with van der Waals surface area (Å²) in [4.78, 5) is 22.6. The van der Waals surface area contributed by atoms with E-state index in [1.54, 1.807) is 0 Å². The number of benzene rings is 1. The van der Waals surface area contributed by atoms with Crippen molar-refractivity contribution < 1.29 is 19.1 Å². The van der Waals surface area contributed by atoms with Gasteiger partial charge in [-0.1, -0.05) is 24.3 Å². The highest BCUT2D eigenvalue weighted by Gasteiger charge is 2.24. The van der Waals surface area contributed by atoms with Gasteiger partial charge in [0.1, 0.15) is 0 Å². The van der Waals surface area contributed by atoms with Gasteiger partial charge in [0.05, 0.1) is 18.9 Å². The third kappa shape index (κ3) is 2.36. The molecule has 88 valence electrons. The van der Waals surface area contributed by atoms with Crippen molar-refractivity contribution >= 4 is 17.3 Å². The van der Waals surface area contributed by atoms with Gasteiger partial charge in [-0.05, 0) is 11.1 Å². The molecule has 0 bridgehead atoms. The lowest BCUT2D eigenvalue weighted by Gasteiger charge is -2.01. The van der Waals surface area contributed by atoms with E-state index < -0.39 is 5.97 Å². The molecule has 1 aliphatic rings. The minimum atomic E-state index is -0.472. The molecule has 2 rings (SSSR count). The van der Waals surface area contributed by atoms with E-state index in [1.165, 1.54) is 13.4 Å². The average molecular weight is 232 g/mol. The minimum absolute atomic E-state index is 0.0102. The first-order chi connectivity index (χ1) is 8.22. The quantitative estimate of drug-likeness (QED) is 0.448. The lowest BCUT2D eigenvalue weighted by atomic mass is 10.1. The van der Waals surface area contributed by atoms with E-state index >= 15 is 0 Å². The van der Waals surface area contributed by atoms with Crippen molar-refractivity contribution in [2.45, 2.75) is 6.42 Å². The fraction of sp³-hybridized carbons (Fsp3) is 0.231. The monoisotopic (exact) mass is 232 g/mol. The second kappa shape index (κ2) is 4.82. The number of methoxy groups -OCH3 is 1. The van der Waals surface area contributed by atoms with Crippen LogP contribution in [0.3, 0.4) is 0 Å². The number of allylic oxidation sites excluding steroid dienone is 1. The number of esters is 1. The first-order valence-corrected chi connectivity index (χ1v) is 5.22. The van der Waals surface area contributed by atoms with Crippen molar-refractivity contribution in [2.75, 3.05) is 13.7 Å². The van der Waals surface area contributed by atoms with Crippen LogP contribution in [-0.4, -0.2) is 25.5 Å². The molecule has 1 aromatic rings. The molecule has 0 saturated carbocycles. The Bertz CT molecular complexity index is 488. The van der Waals surface area contributed by atoms with Crippen molar-refractivity contribution in [1.29, 1.82) is 0 Å². The average Bonchev–Trinajstić information content (AvgIpc) is 2.66. The minimum Gasteiger partial charge on any atom is -0.489 e. The second-order valence-corrected chi connectivity index (χ2v) is 3.68. The van der Waals surface area contributed by atoms with E-state index in [1.807, 2.05) is 24.3 Å². The van der Waals surface area contributed by atoms with Crippen molar-refractivity contribution in [3.8, 4) is 0 Å². The Labute approximate surface area is 98.8 Å². The Morgan fingerprint density at radius 1 is 1.41 bits per heavy atom. The molecule has 0 atom stereocenters. The first kappa shape index (κ1) is 11.4. The lowest BCUT2D eigenvalue weighted by molar-refractivity contribution is -0.144. The molecule has 4 heteroatoms. The van der Waals surface area contributed by atoms with E-state index in [9.17, 15) is 9.59 Å². The van der Waals surface area contributed by atoms with Crippen LogP contribution in [0.15, 0.2) is 30.5 Å². The Hall–Kier alpha value is -2.10. The lowest BCUT2D eigenvalue weighted by Crippen LogP contribution is -2.08. The van der Waals surface area contributed by atoms with Gasteiger partial charge in [-0.2, -0.15) is 0 Å². The maximum Gasteiger partial charge on any atom is 0.343 e. The summed E-state index contributed by atoms with van der Waals surface area (Å²) in [5.41, 5.74) is 2.39. The van der Waals surface area contributed by atoms with Crippen LogP contribution in [0.25, 0.3) is 5.57 Å². The van der Waals surface area contributed by atoms with Gasteiger partial charge in [-0.3, -0.25) is 4.79 Å². The standard InChI is InChI=1S/C13H12O4/c1-16-13(15)8-17-7-11-10-5-3-2-4-9(10)6-12(11)14/h2-5,7H,6,8H2,1H3/b11-7+. The van der Waals surface area contributed by atoms with E-state index in [4.69, 9.17) is 4.74 Å². The van der Waals surface area contributed by atoms with Gasteiger partial charge in [-0.25, -0.2) is 4.79 Å². The Morgan fingerprint density at radius 2 is 2.18 bits per heavy atom. The summed E-state index contributed by atoms with van der Waals surface area (Å²) in [5, 5.41) is 0. The molecular weight excluding hydrogens is 220 g/mol. The predicted octanol–water partition coefficient (Wildman–Crippen LogP) is 1.34. The van der Waals surface area contributed by atoms with Crippen LogP contribution in [0.2, 0.25) is 0 Å². The zero-order valence-electron chi connectivity index (χ0n) is 9.43. The third-order valence-electron chi connectivity index (χ3n) is 2.59. The summed E-state index contributed by atoms with van der Waals surface area (Å²) in [6.45, 7) is -0.185. The van der Waals surface area contributed by atoms with Gasteiger partial charge in [0.2, 0.25) is 0 Å². The number of Topliss-reactive ketones (excluding diaryl/α,β-unsaturated/α-hetero) is 1. The van der Waals surface area contributed by atoms with Gasteiger partial charge in [0.15, 0.2) is 12.4 Å². The fourth-order valence-electron chi connectivity index (χ4n) is 1.74. The molecule has 17 heavy (non-hydrogen) atoms. The molecule has 0 amide bonds. The van der Waals surface area contributed by atoms with Crippen molar-refractivity contribution in [2.24, 2.45) is 0 Å². The maximum absolute atomic E-state index is 11.7. The Balaban J connectivity index is 2.13. The zero-order chi connectivity index (χ0) is 12.3. The normalized spacial score (nSPS) is 15.8. The van der Waals surface area contributed by atoms with Crippen molar-refractivity contribution in [1.82, 2.24) is 0 Å². The first-order valence-electron chi connectivity index (χ1n) is 5.22. The van der Waals surface area contributed by atoms with Gasteiger partial charge in [0, 0.05) is 6.42 Å². The third-order valence-corrected chi connectivity index (χ3v) is 2.59. The highest BCUT2D eigenvalue weighted by molar-refractivity contribution is 6.25. The number of fused-ring (bicyclic) bond motifs is 1. The highest BCUT2D eigenvalue weighted by atomic mass is 16.6. The van der Waals surface area contributed by atoms with Gasteiger partial charge in [0.25, 0.3) is 0 Å². The molecule has 1 aromatic carbocycles. The summed E-state index contributed by atoms with van der Waals surface area (Å²) >= 11 is 0. The van der Waals surface area contributed by atoms with Gasteiger partial charge >= 0.3 is 5.97 Å². The molecule has 0 fully saturated rings. The number of hydrogen-bond acceptors (Lipinski definition) is 4. The number of ether oxygens (including phenoxy) is 2. The summed E-state index contributed by atoms with van der Waals surface area (Å²) < 4.78 is 9.47. The molecule has 0 N–H and O–H groups in total. The molecule has 0 unspecified atom stereocenters. The van der Waals surface area contributed by atoms with E-state index in [0.29, 0.717) is 12.0 Å². The Morgan fingerprint density at radius 3 is 2.94 bits per heavy atom. The topological polar surface area (TPSA) is 52.6 Å². The predicted molar refractivity (Wildman–Crippen MR) is 61.1 cm³/mol. The van der Waals surface area contributed by atoms with Crippen LogP contribution in [-0.2, 0) is 25.5 Å². The highest BCUT2D eigenvalue weighted by Crippen LogP contribution is 2.28. The number of carbonyl (C=O) groups is 2. The smallest absolute Gasteiger partial charge is 0.343 e. The van der Waals surface area contributed by atoms with Gasteiger partial charge in [-0.15, -0.1) is 0 Å². The largest absolute Gasteiger partial charge is 0.489 e. The van der Waals surface area contributed by atoms with Gasteiger partial charge < -0.3 is 9.47 Å². The van der Waals surface area contributed by atoms with Crippen LogP contribution in [0, 0.1) is 0 Å². The van der Waals surface area contributed by atoms with Crippen LogP contribution < -0.4 is 0 Å². The molecule has 0 aliphatic heterocycles. The summed E-state index contributed by atoms with van der Waals surface area (Å²) in [6, 6.07) is 7.54. The molecule has 4 nitrogen and oxygen atoms in total. The van der Waals surface area contributed by atoms with Crippen LogP contribution in [0.4, 0.5) is 0 Å². The zero-order valence-corrected chi connectivity index (χ0v) is 9.43. The Kier molecular flexibility index (Phi) is 3.23. The summed E-state index contributed by atoms with van der Waals surface area (Å²) in [6.07, 6.45) is 1.73. The summed E-state index contributed by atoms with van der Waals surface area (Å²) in [5.74, 6) is -0.461. The SMILES string of the molecule is COC(=O)CO/C=C1/C(=O)Cc2ccccc21. The molecule has 0 spiro atoms. The van der Waals surface area contributed by atoms with Crippen molar-refractivity contribution in [3.63, 3.8) is 0 Å². The molecule has 0 saturated heterocycles. The molecule has 0 radical (unpaired) electrons. The van der Waals surface area contributed by atoms with E-state index in [2.05, 4.69) is 4.74 Å². The number of hydrogen-bond donors (Lipinski definition) is 0. The molecule has 0 aromatic heterocycles. The van der Waals surface area contributed by atoms with E-state index in [0.717, 1.165) is 11.1 Å². The number of ketones is 1. The molecular formula is C13H12O4. The van der Waals surface area contributed by atoms with E-state index in [-0.39, 0.29) is 12.4 Å². The van der Waals surface area contributed by atoms with Crippen LogP contribution >= 0.6 is 0 Å². The van der Waals surface area contributed by atoms with Crippen molar-refractivity contribution in [3.05, 3.63) is 41.7 Å². The maximum atomic E-state index is 11.7. The number of carbonyl (C=O) groups excluding carboxylic acids is 2. The fourth-order valence-corrected chi connectivity index (χ4v) is 1.74.